The molecule has 0 aromatic heterocycles. The maximum atomic E-state index is 15.7. The first-order chi connectivity index (χ1) is 29.2. The molecule has 0 aliphatic heterocycles. The Bertz CT molecular complexity index is 2770. The lowest BCUT2D eigenvalue weighted by Crippen LogP contribution is -2.23. The Morgan fingerprint density at radius 1 is 0.460 bits per heavy atom. The second kappa shape index (κ2) is 16.9. The number of ether oxygens (including phenoxy) is 3. The number of hydroxylamine groups is 1. The molecule has 334 valence electrons. The molecule has 0 atom stereocenters. The van der Waals surface area contributed by atoms with E-state index in [1.54, 1.807) is 0 Å². The van der Waals surface area contributed by atoms with Crippen LogP contribution in [0.3, 0.4) is 0 Å². The minimum absolute atomic E-state index is 0.672. The molecule has 0 aliphatic rings. The normalized spacial score (nSPS) is 11.2. The predicted molar refractivity (Wildman–Crippen MR) is 170 cm³/mol. The molecular weight excluding hydrogens is 913 g/mol. The van der Waals surface area contributed by atoms with E-state index in [1.807, 2.05) is 0 Å². The van der Waals surface area contributed by atoms with E-state index in [4.69, 9.17) is 5.11 Å². The van der Waals surface area contributed by atoms with Crippen molar-refractivity contribution in [3.63, 3.8) is 0 Å². The summed E-state index contributed by atoms with van der Waals surface area (Å²) < 4.78 is 265. The average Bonchev–Trinajstić information content (AvgIpc) is 3.22. The van der Waals surface area contributed by atoms with Gasteiger partial charge in [0.1, 0.15) is 16.9 Å². The lowest BCUT2D eigenvalue weighted by molar-refractivity contribution is 0.0676. The molecule has 0 spiro atoms. The van der Waals surface area contributed by atoms with Gasteiger partial charge in [-0.25, -0.2) is 40.3 Å². The monoisotopic (exact) mass is 924 g/mol. The van der Waals surface area contributed by atoms with Crippen molar-refractivity contribution in [2.75, 3.05) is 5.06 Å². The SMILES string of the molecule is Cc1c(F)c(C)c(F)c(N([O-])Cc2c(F)c(Oc3c(F)c(F)c(Oc4c(F)c(F)c(Oc5c(F)c(F)c(C(=O)O)c(C=O)c5F)c(F)c4F)c(F)c3F)c(F)c(F)c2C(=O)O)c1F. The fraction of sp³-hybridized carbons (Fsp3) is 0.0833. The molecule has 10 nitrogen and oxygen atoms in total. The second-order valence-electron chi connectivity index (χ2n) is 12.1. The highest BCUT2D eigenvalue weighted by molar-refractivity contribution is 5.98. The van der Waals surface area contributed by atoms with E-state index in [-0.39, 0.29) is 0 Å². The van der Waals surface area contributed by atoms with Crippen LogP contribution in [0.25, 0.3) is 0 Å². The van der Waals surface area contributed by atoms with Crippen LogP contribution in [0.1, 0.15) is 47.8 Å². The summed E-state index contributed by atoms with van der Waals surface area (Å²) >= 11 is 0. The molecule has 5 rings (SSSR count). The highest BCUT2D eigenvalue weighted by atomic mass is 19.2. The summed E-state index contributed by atoms with van der Waals surface area (Å²) in [6.07, 6.45) is -0.762. The number of carboxylic acids is 2. The van der Waals surface area contributed by atoms with Crippen LogP contribution in [0, 0.1) is 118 Å². The Morgan fingerprint density at radius 3 is 1.06 bits per heavy atom. The van der Waals surface area contributed by atoms with Crippen molar-refractivity contribution in [2.45, 2.75) is 20.4 Å². The van der Waals surface area contributed by atoms with Gasteiger partial charge in [0.25, 0.3) is 0 Å². The summed E-state index contributed by atoms with van der Waals surface area (Å²) in [5.41, 5.74) is -11.8. The highest BCUT2D eigenvalue weighted by Gasteiger charge is 2.38. The number of carbonyl (C=O) groups is 3. The zero-order valence-corrected chi connectivity index (χ0v) is 29.9. The molecule has 0 radical (unpaired) electrons. The molecule has 0 fully saturated rings. The van der Waals surface area contributed by atoms with Crippen LogP contribution >= 0.6 is 0 Å². The summed E-state index contributed by atoms with van der Waals surface area (Å²) in [4.78, 5) is 34.0. The average molecular weight is 924 g/mol. The maximum Gasteiger partial charge on any atom is 0.339 e. The smallest absolute Gasteiger partial charge is 0.339 e. The molecule has 0 saturated heterocycles. The van der Waals surface area contributed by atoms with Gasteiger partial charge < -0.3 is 34.7 Å². The van der Waals surface area contributed by atoms with Gasteiger partial charge >= 0.3 is 11.9 Å². The van der Waals surface area contributed by atoms with Crippen LogP contribution in [-0.2, 0) is 6.54 Å². The van der Waals surface area contributed by atoms with Gasteiger partial charge in [-0.2, -0.15) is 43.9 Å². The molecule has 0 heterocycles. The van der Waals surface area contributed by atoms with Crippen LogP contribution < -0.4 is 19.3 Å². The van der Waals surface area contributed by atoms with Gasteiger partial charge in [0.05, 0.1) is 11.3 Å². The van der Waals surface area contributed by atoms with Gasteiger partial charge in [-0.05, 0) is 13.8 Å². The summed E-state index contributed by atoms with van der Waals surface area (Å²) in [7, 11) is 0. The molecule has 63 heavy (non-hydrogen) atoms. The molecular formula is C36H11F17NO9-. The molecule has 2 N–H and O–H groups in total. The molecule has 0 saturated carbocycles. The number of rotatable bonds is 12. The van der Waals surface area contributed by atoms with E-state index in [9.17, 15) is 68.6 Å². The van der Waals surface area contributed by atoms with Crippen molar-refractivity contribution in [3.05, 3.63) is 137 Å². The van der Waals surface area contributed by atoms with Crippen LogP contribution in [0.5, 0.6) is 34.5 Å². The number of hydrogen-bond acceptors (Lipinski definition) is 8. The number of carbonyl (C=O) groups excluding carboxylic acids is 1. The van der Waals surface area contributed by atoms with Crippen molar-refractivity contribution in [1.82, 2.24) is 0 Å². The number of aldehydes is 1. The van der Waals surface area contributed by atoms with Crippen LogP contribution in [0.15, 0.2) is 0 Å². The van der Waals surface area contributed by atoms with Gasteiger partial charge in [0, 0.05) is 23.2 Å². The van der Waals surface area contributed by atoms with Crippen molar-refractivity contribution in [2.24, 2.45) is 0 Å². The standard InChI is InChI=1S/C36H11F17NO9/c1-5-11(37)6(2)13(39)28(12(5)38)54(60)3-7-9(35(56)57)16(42)18(44)29(14(7)40)61-31-20(46)24(50)33(25(51)21(31)47)63-34-26(52)22(48)32(23(49)27(34)53)62-30-15(41)8(4-55)10(36(58)59)17(43)19(30)45/h4H,3H2,1-2H3,(H,56,57)(H,58,59)/q-1. The summed E-state index contributed by atoms with van der Waals surface area (Å²) in [6.45, 7) is -0.734. The Labute approximate surface area is 335 Å². The van der Waals surface area contributed by atoms with E-state index in [1.165, 1.54) is 0 Å². The first-order valence-electron chi connectivity index (χ1n) is 15.9. The first-order valence-corrected chi connectivity index (χ1v) is 15.9. The van der Waals surface area contributed by atoms with Crippen molar-refractivity contribution >= 4 is 23.9 Å². The van der Waals surface area contributed by atoms with Gasteiger partial charge in [-0.15, -0.1) is 0 Å². The van der Waals surface area contributed by atoms with E-state index in [0.717, 1.165) is 0 Å². The fourth-order valence-electron chi connectivity index (χ4n) is 5.43. The topological polar surface area (TPSA) is 146 Å². The third-order valence-electron chi connectivity index (χ3n) is 8.50. The third-order valence-corrected chi connectivity index (χ3v) is 8.50. The Morgan fingerprint density at radius 2 is 0.746 bits per heavy atom. The number of halogens is 17. The Hall–Kier alpha value is -7.32. The zero-order chi connectivity index (χ0) is 47.6. The minimum Gasteiger partial charge on any atom is -0.758 e. The summed E-state index contributed by atoms with van der Waals surface area (Å²) in [6, 6.07) is 0. The van der Waals surface area contributed by atoms with E-state index in [0.29, 0.717) is 13.8 Å². The van der Waals surface area contributed by atoms with Gasteiger partial charge in [-0.3, -0.25) is 4.79 Å². The van der Waals surface area contributed by atoms with Gasteiger partial charge in [0.15, 0.2) is 41.2 Å². The van der Waals surface area contributed by atoms with Crippen LogP contribution in [-0.4, -0.2) is 28.4 Å². The number of nitrogens with zero attached hydrogens (tertiary/aromatic N) is 1. The molecule has 0 bridgehead atoms. The lowest BCUT2D eigenvalue weighted by atomic mass is 10.0. The molecule has 5 aromatic carbocycles. The van der Waals surface area contributed by atoms with E-state index < -0.39 is 202 Å². The maximum absolute atomic E-state index is 15.7. The number of carboxylic acid groups (broad SMARTS) is 2. The second-order valence-corrected chi connectivity index (χ2v) is 12.1. The van der Waals surface area contributed by atoms with Gasteiger partial charge in [-0.1, -0.05) is 0 Å². The third kappa shape index (κ3) is 7.45. The van der Waals surface area contributed by atoms with Crippen molar-refractivity contribution in [1.29, 1.82) is 0 Å². The number of hydrogen-bond donors (Lipinski definition) is 2. The van der Waals surface area contributed by atoms with Crippen molar-refractivity contribution < 1.29 is 113 Å². The summed E-state index contributed by atoms with van der Waals surface area (Å²) in [5, 5.41) is 30.2. The van der Waals surface area contributed by atoms with Gasteiger partial charge in [0.2, 0.25) is 92.7 Å². The molecule has 0 aliphatic carbocycles. The summed E-state index contributed by atoms with van der Waals surface area (Å²) in [5.74, 6) is -67.1. The quantitative estimate of drug-likeness (QED) is 0.0537. The highest BCUT2D eigenvalue weighted by Crippen LogP contribution is 2.45. The molecule has 0 amide bonds. The largest absolute Gasteiger partial charge is 0.758 e. The molecule has 0 unspecified atom stereocenters. The van der Waals surface area contributed by atoms with Crippen LogP contribution in [0.2, 0.25) is 0 Å². The fourth-order valence-corrected chi connectivity index (χ4v) is 5.43. The zero-order valence-electron chi connectivity index (χ0n) is 29.9. The van der Waals surface area contributed by atoms with Crippen LogP contribution in [0.4, 0.5) is 80.3 Å². The van der Waals surface area contributed by atoms with E-state index >= 15 is 30.7 Å². The number of benzene rings is 5. The lowest BCUT2D eigenvalue weighted by Gasteiger charge is -2.33. The van der Waals surface area contributed by atoms with E-state index in [2.05, 4.69) is 14.2 Å². The first kappa shape index (κ1) is 46.7. The molecule has 5 aromatic rings. The number of aromatic carboxylic acids is 2. The Balaban J connectivity index is 1.59. The number of anilines is 1. The predicted octanol–water partition coefficient (Wildman–Crippen LogP) is 10.8. The minimum atomic E-state index is -3.09. The van der Waals surface area contributed by atoms with Crippen molar-refractivity contribution in [3.8, 4) is 34.5 Å². The molecule has 27 heteroatoms. The Kier molecular flexibility index (Phi) is 12.5.